The molecule has 9 heteroatoms. The van der Waals surface area contributed by atoms with Gasteiger partial charge in [-0.3, -0.25) is 4.79 Å². The van der Waals surface area contributed by atoms with Gasteiger partial charge in [0.05, 0.1) is 43.7 Å². The summed E-state index contributed by atoms with van der Waals surface area (Å²) in [7, 11) is 1.38. The number of carbonyl (C=O) groups is 1. The monoisotopic (exact) mass is 550 g/mol. The fraction of sp³-hybridized carbons (Fsp3) is 0.452. The smallest absolute Gasteiger partial charge is 0.316 e. The normalized spacial score (nSPS) is 17.7. The highest BCUT2D eigenvalue weighted by molar-refractivity contribution is 5.74. The third-order valence-corrected chi connectivity index (χ3v) is 7.50. The lowest BCUT2D eigenvalue weighted by atomic mass is 9.94. The van der Waals surface area contributed by atoms with Gasteiger partial charge >= 0.3 is 12.0 Å². The number of aryl methyl sites for hydroxylation is 2. The quantitative estimate of drug-likeness (QED) is 0.347. The summed E-state index contributed by atoms with van der Waals surface area (Å²) >= 11 is 0. The number of esters is 1. The van der Waals surface area contributed by atoms with Gasteiger partial charge in [0, 0.05) is 29.5 Å². The molecule has 0 bridgehead atoms. The molecular weight excluding hydrogens is 515 g/mol. The molecule has 2 atom stereocenters. The number of carbonyl (C=O) groups excluding carboxylic acids is 1. The number of aromatic nitrogens is 2. The number of nitrogens with zero attached hydrogens (tertiary/aromatic N) is 2. The van der Waals surface area contributed by atoms with E-state index in [4.69, 9.17) is 18.9 Å². The number of benzene rings is 2. The highest BCUT2D eigenvalue weighted by Gasteiger charge is 2.31. The SMILES string of the molecule is COC(=O)C[C@@H]1COc2cc(O[C@@H]3CCc4c(-c5c(C)nc(OCCC(C)(C)O)nc5C)cc(F)cc43)ccc21. The molecule has 1 aliphatic carbocycles. The molecule has 3 aromatic rings. The van der Waals surface area contributed by atoms with E-state index in [0.717, 1.165) is 34.2 Å². The number of aliphatic hydroxyl groups is 1. The number of fused-ring (bicyclic) bond motifs is 2. The highest BCUT2D eigenvalue weighted by atomic mass is 19.1. The highest BCUT2D eigenvalue weighted by Crippen LogP contribution is 2.44. The Morgan fingerprint density at radius 3 is 2.60 bits per heavy atom. The molecule has 1 N–H and O–H groups in total. The predicted octanol–water partition coefficient (Wildman–Crippen LogP) is 5.54. The van der Waals surface area contributed by atoms with Crippen molar-refractivity contribution in [1.29, 1.82) is 0 Å². The van der Waals surface area contributed by atoms with Crippen LogP contribution in [0.5, 0.6) is 17.5 Å². The van der Waals surface area contributed by atoms with E-state index >= 15 is 0 Å². The number of rotatable bonds is 9. The van der Waals surface area contributed by atoms with Gasteiger partial charge in [-0.2, -0.15) is 9.97 Å². The molecule has 0 fully saturated rings. The van der Waals surface area contributed by atoms with Gasteiger partial charge < -0.3 is 24.1 Å². The molecule has 2 aliphatic rings. The molecule has 1 aliphatic heterocycles. The van der Waals surface area contributed by atoms with Gasteiger partial charge in [0.1, 0.15) is 23.4 Å². The van der Waals surface area contributed by atoms with Crippen molar-refractivity contribution in [3.8, 4) is 28.6 Å². The van der Waals surface area contributed by atoms with Crippen LogP contribution in [0.15, 0.2) is 30.3 Å². The van der Waals surface area contributed by atoms with Crippen molar-refractivity contribution in [2.45, 2.75) is 71.0 Å². The van der Waals surface area contributed by atoms with E-state index < -0.39 is 5.60 Å². The number of halogens is 1. The zero-order chi connectivity index (χ0) is 28.6. The van der Waals surface area contributed by atoms with Crippen LogP contribution in [0.4, 0.5) is 4.39 Å². The second-order valence-electron chi connectivity index (χ2n) is 11.1. The van der Waals surface area contributed by atoms with E-state index in [-0.39, 0.29) is 42.8 Å². The lowest BCUT2D eigenvalue weighted by Crippen LogP contribution is -2.22. The minimum absolute atomic E-state index is 0.0487. The molecule has 8 nitrogen and oxygen atoms in total. The Morgan fingerprint density at radius 1 is 1.15 bits per heavy atom. The number of hydrogen-bond donors (Lipinski definition) is 1. The maximum absolute atomic E-state index is 15.0. The van der Waals surface area contributed by atoms with E-state index in [1.807, 2.05) is 32.0 Å². The average molecular weight is 551 g/mol. The number of ether oxygens (including phenoxy) is 4. The molecule has 5 rings (SSSR count). The van der Waals surface area contributed by atoms with Gasteiger partial charge in [-0.05, 0) is 75.4 Å². The van der Waals surface area contributed by atoms with Gasteiger partial charge in [-0.1, -0.05) is 6.07 Å². The van der Waals surface area contributed by atoms with E-state index in [1.165, 1.54) is 7.11 Å². The van der Waals surface area contributed by atoms with Crippen LogP contribution in [0.25, 0.3) is 11.1 Å². The maximum atomic E-state index is 15.0. The first-order chi connectivity index (χ1) is 19.0. The predicted molar refractivity (Wildman–Crippen MR) is 146 cm³/mol. The minimum Gasteiger partial charge on any atom is -0.492 e. The van der Waals surface area contributed by atoms with E-state index in [2.05, 4.69) is 9.97 Å². The summed E-state index contributed by atoms with van der Waals surface area (Å²) in [5, 5.41) is 9.93. The molecule has 40 heavy (non-hydrogen) atoms. The van der Waals surface area contributed by atoms with Crippen molar-refractivity contribution in [3.63, 3.8) is 0 Å². The Labute approximate surface area is 233 Å². The molecule has 2 aromatic carbocycles. The molecule has 0 saturated carbocycles. The summed E-state index contributed by atoms with van der Waals surface area (Å²) < 4.78 is 37.7. The van der Waals surface area contributed by atoms with Crippen LogP contribution in [0, 0.1) is 19.7 Å². The zero-order valence-corrected chi connectivity index (χ0v) is 23.5. The van der Waals surface area contributed by atoms with Crippen molar-refractivity contribution < 1.29 is 33.2 Å². The third kappa shape index (κ3) is 5.89. The lowest BCUT2D eigenvalue weighted by Gasteiger charge is -2.19. The number of hydrogen-bond acceptors (Lipinski definition) is 8. The van der Waals surface area contributed by atoms with Gasteiger partial charge in [0.2, 0.25) is 0 Å². The van der Waals surface area contributed by atoms with Crippen molar-refractivity contribution in [3.05, 3.63) is 64.2 Å². The molecule has 0 saturated heterocycles. The zero-order valence-electron chi connectivity index (χ0n) is 23.5. The summed E-state index contributed by atoms with van der Waals surface area (Å²) in [6.07, 6.45) is 1.81. The largest absolute Gasteiger partial charge is 0.492 e. The Balaban J connectivity index is 1.37. The summed E-state index contributed by atoms with van der Waals surface area (Å²) in [6, 6.07) is 8.96. The third-order valence-electron chi connectivity index (χ3n) is 7.50. The van der Waals surface area contributed by atoms with Gasteiger partial charge in [0.15, 0.2) is 0 Å². The Morgan fingerprint density at radius 2 is 1.90 bits per heavy atom. The molecular formula is C31H35FN2O6. The Hall–Kier alpha value is -3.72. The molecule has 1 aromatic heterocycles. The van der Waals surface area contributed by atoms with Crippen molar-refractivity contribution >= 4 is 5.97 Å². The fourth-order valence-electron chi connectivity index (χ4n) is 5.48. The fourth-order valence-corrected chi connectivity index (χ4v) is 5.48. The minimum atomic E-state index is -0.843. The molecule has 0 radical (unpaired) electrons. The molecule has 2 heterocycles. The van der Waals surface area contributed by atoms with Crippen LogP contribution >= 0.6 is 0 Å². The summed E-state index contributed by atoms with van der Waals surface area (Å²) in [5.41, 5.74) is 4.88. The van der Waals surface area contributed by atoms with Crippen molar-refractivity contribution in [2.75, 3.05) is 20.3 Å². The second-order valence-corrected chi connectivity index (χ2v) is 11.1. The van der Waals surface area contributed by atoms with E-state index in [9.17, 15) is 14.3 Å². The second kappa shape index (κ2) is 11.0. The Bertz CT molecular complexity index is 1410. The molecule has 0 amide bonds. The first-order valence-corrected chi connectivity index (χ1v) is 13.6. The number of methoxy groups -OCH3 is 1. The van der Waals surface area contributed by atoms with Gasteiger partial charge in [0.25, 0.3) is 0 Å². The molecule has 212 valence electrons. The van der Waals surface area contributed by atoms with E-state index in [0.29, 0.717) is 42.3 Å². The van der Waals surface area contributed by atoms with Crippen molar-refractivity contribution in [2.24, 2.45) is 0 Å². The van der Waals surface area contributed by atoms with Crippen LogP contribution in [-0.4, -0.2) is 47.0 Å². The van der Waals surface area contributed by atoms with Gasteiger partial charge in [-0.25, -0.2) is 4.39 Å². The molecule has 0 spiro atoms. The standard InChI is InChI=1S/C31H35FN2O6/c1-17-29(18(2)34-30(33-17)38-11-10-31(3,4)36)25-14-20(32)13-24-23(25)8-9-26(24)40-21-6-7-22-19(12-28(35)37-5)16-39-27(22)15-21/h6-7,13-15,19,26,36H,8-12,16H2,1-5H3/t19-,26-/m1/s1. The Kier molecular flexibility index (Phi) is 7.68. The van der Waals surface area contributed by atoms with Crippen molar-refractivity contribution in [1.82, 2.24) is 9.97 Å². The maximum Gasteiger partial charge on any atom is 0.316 e. The van der Waals surface area contributed by atoms with Crippen LogP contribution in [-0.2, 0) is 16.0 Å². The lowest BCUT2D eigenvalue weighted by molar-refractivity contribution is -0.141. The first kappa shape index (κ1) is 27.8. The van der Waals surface area contributed by atoms with Crippen LogP contribution in [0.2, 0.25) is 0 Å². The topological polar surface area (TPSA) is 100 Å². The average Bonchev–Trinajstić information content (AvgIpc) is 3.46. The van der Waals surface area contributed by atoms with Crippen LogP contribution in [0.3, 0.4) is 0 Å². The first-order valence-electron chi connectivity index (χ1n) is 13.6. The van der Waals surface area contributed by atoms with E-state index in [1.54, 1.807) is 26.0 Å². The van der Waals surface area contributed by atoms with Gasteiger partial charge in [-0.15, -0.1) is 0 Å². The summed E-state index contributed by atoms with van der Waals surface area (Å²) in [5.74, 6) is 0.650. The van der Waals surface area contributed by atoms with Crippen LogP contribution < -0.4 is 14.2 Å². The summed E-state index contributed by atoms with van der Waals surface area (Å²) in [4.78, 5) is 20.8. The molecule has 0 unspecified atom stereocenters. The summed E-state index contributed by atoms with van der Waals surface area (Å²) in [6.45, 7) is 7.88. The van der Waals surface area contributed by atoms with Crippen LogP contribution in [0.1, 0.15) is 73.2 Å².